The Kier molecular flexibility index (Phi) is 3.02. The van der Waals surface area contributed by atoms with Crippen molar-refractivity contribution in [1.82, 2.24) is 15.0 Å². The summed E-state index contributed by atoms with van der Waals surface area (Å²) < 4.78 is 37.7. The molecule has 0 aliphatic carbocycles. The van der Waals surface area contributed by atoms with Gasteiger partial charge in [-0.2, -0.15) is 23.4 Å². The van der Waals surface area contributed by atoms with Gasteiger partial charge in [-0.3, -0.25) is 9.79 Å². The minimum absolute atomic E-state index is 0.0310. The summed E-state index contributed by atoms with van der Waals surface area (Å²) >= 11 is 0. The summed E-state index contributed by atoms with van der Waals surface area (Å²) in [6, 6.07) is -1.88. The Balaban J connectivity index is 2.39. The minimum Gasteiger partial charge on any atom is -0.295 e. The van der Waals surface area contributed by atoms with E-state index in [1.165, 1.54) is 19.3 Å². The van der Waals surface area contributed by atoms with Crippen LogP contribution in [0.4, 0.5) is 13.2 Å². The summed E-state index contributed by atoms with van der Waals surface area (Å²) in [6.45, 7) is 1.21. The van der Waals surface area contributed by atoms with E-state index in [-0.39, 0.29) is 11.3 Å². The zero-order chi connectivity index (χ0) is 13.3. The van der Waals surface area contributed by atoms with Crippen LogP contribution < -0.4 is 0 Å². The molecule has 0 N–H and O–H groups in total. The normalized spacial score (nSPS) is 20.3. The van der Waals surface area contributed by atoms with Crippen LogP contribution >= 0.6 is 0 Å². The predicted octanol–water partition coefficient (Wildman–Crippen LogP) is 1.48. The molecule has 1 aromatic rings. The third-order valence-electron chi connectivity index (χ3n) is 2.52. The van der Waals surface area contributed by atoms with Gasteiger partial charge in [-0.15, -0.1) is 4.80 Å². The highest BCUT2D eigenvalue weighted by Gasteiger charge is 2.42. The molecule has 1 aliphatic heterocycles. The second kappa shape index (κ2) is 4.35. The van der Waals surface area contributed by atoms with Gasteiger partial charge >= 0.3 is 6.18 Å². The Morgan fingerprint density at radius 3 is 2.50 bits per heavy atom. The average Bonchev–Trinajstić information content (AvgIpc) is 2.80. The zero-order valence-corrected chi connectivity index (χ0v) is 9.35. The molecular formula is C10H9F3N4O. The molecule has 5 nitrogen and oxygen atoms in total. The van der Waals surface area contributed by atoms with Crippen LogP contribution in [0.2, 0.25) is 0 Å². The summed E-state index contributed by atoms with van der Waals surface area (Å²) in [6.07, 6.45) is -1.20. The van der Waals surface area contributed by atoms with E-state index >= 15 is 0 Å². The third-order valence-corrected chi connectivity index (χ3v) is 2.52. The number of nitrogens with zero attached hydrogens (tertiary/aromatic N) is 4. The van der Waals surface area contributed by atoms with E-state index in [2.05, 4.69) is 15.2 Å². The van der Waals surface area contributed by atoms with Crippen LogP contribution in [0.15, 0.2) is 23.0 Å². The van der Waals surface area contributed by atoms with Crippen molar-refractivity contribution in [3.05, 3.63) is 18.0 Å². The molecule has 1 aliphatic rings. The Morgan fingerprint density at radius 2 is 2.00 bits per heavy atom. The highest BCUT2D eigenvalue weighted by Crippen LogP contribution is 2.31. The zero-order valence-electron chi connectivity index (χ0n) is 9.35. The van der Waals surface area contributed by atoms with Crippen LogP contribution in [0.5, 0.6) is 0 Å². The van der Waals surface area contributed by atoms with E-state index in [4.69, 9.17) is 0 Å². The summed E-state index contributed by atoms with van der Waals surface area (Å²) in [7, 11) is 0. The fourth-order valence-electron chi connectivity index (χ4n) is 1.63. The van der Waals surface area contributed by atoms with E-state index in [1.807, 2.05) is 0 Å². The molecule has 2 heterocycles. The summed E-state index contributed by atoms with van der Waals surface area (Å²) in [5.41, 5.74) is 0.219. The maximum atomic E-state index is 12.6. The molecule has 0 saturated carbocycles. The number of dihydropyridines is 1. The van der Waals surface area contributed by atoms with E-state index in [0.717, 1.165) is 11.0 Å². The van der Waals surface area contributed by atoms with Gasteiger partial charge < -0.3 is 0 Å². The van der Waals surface area contributed by atoms with Gasteiger partial charge in [0.15, 0.2) is 5.78 Å². The number of aliphatic imine (C=N–C) groups is 1. The smallest absolute Gasteiger partial charge is 0.295 e. The topological polar surface area (TPSA) is 60.1 Å². The largest absolute Gasteiger partial charge is 0.411 e. The van der Waals surface area contributed by atoms with Crippen LogP contribution in [0.25, 0.3) is 5.70 Å². The van der Waals surface area contributed by atoms with Crippen LogP contribution in [-0.4, -0.2) is 39.2 Å². The van der Waals surface area contributed by atoms with E-state index in [0.29, 0.717) is 0 Å². The quantitative estimate of drug-likeness (QED) is 0.807. The number of alkyl halides is 3. The first-order valence-corrected chi connectivity index (χ1v) is 5.10. The molecule has 8 heteroatoms. The predicted molar refractivity (Wildman–Crippen MR) is 56.9 cm³/mol. The fourth-order valence-corrected chi connectivity index (χ4v) is 1.63. The van der Waals surface area contributed by atoms with Crippen molar-refractivity contribution in [2.24, 2.45) is 4.99 Å². The number of carbonyl (C=O) groups excluding carboxylic acids is 1. The number of halogens is 3. The highest BCUT2D eigenvalue weighted by molar-refractivity contribution is 6.14. The van der Waals surface area contributed by atoms with Gasteiger partial charge in [0.1, 0.15) is 11.7 Å². The van der Waals surface area contributed by atoms with Crippen molar-refractivity contribution in [2.75, 3.05) is 0 Å². The van der Waals surface area contributed by atoms with Crippen molar-refractivity contribution in [1.29, 1.82) is 0 Å². The van der Waals surface area contributed by atoms with Crippen LogP contribution in [0.1, 0.15) is 13.3 Å². The first-order chi connectivity index (χ1) is 8.39. The molecule has 0 radical (unpaired) electrons. The number of hydrogen-bond donors (Lipinski definition) is 0. The van der Waals surface area contributed by atoms with Crippen molar-refractivity contribution in [3.8, 4) is 0 Å². The lowest BCUT2D eigenvalue weighted by atomic mass is 9.98. The van der Waals surface area contributed by atoms with Crippen molar-refractivity contribution in [3.63, 3.8) is 0 Å². The van der Waals surface area contributed by atoms with E-state index in [9.17, 15) is 18.0 Å². The number of rotatable bonds is 2. The van der Waals surface area contributed by atoms with E-state index < -0.39 is 24.4 Å². The van der Waals surface area contributed by atoms with Gasteiger partial charge in [0, 0.05) is 18.2 Å². The maximum absolute atomic E-state index is 12.6. The Morgan fingerprint density at radius 1 is 1.39 bits per heavy atom. The average molecular weight is 258 g/mol. The second-order valence-corrected chi connectivity index (χ2v) is 3.78. The second-order valence-electron chi connectivity index (χ2n) is 3.78. The molecule has 96 valence electrons. The summed E-state index contributed by atoms with van der Waals surface area (Å²) in [5, 5.41) is 7.57. The maximum Gasteiger partial charge on any atom is 0.411 e. The summed E-state index contributed by atoms with van der Waals surface area (Å²) in [4.78, 5) is 15.9. The Hall–Kier alpha value is -1.99. The molecule has 2 rings (SSSR count). The van der Waals surface area contributed by atoms with Crippen LogP contribution in [-0.2, 0) is 4.79 Å². The fraction of sp³-hybridized carbons (Fsp3) is 0.400. The van der Waals surface area contributed by atoms with Gasteiger partial charge in [-0.25, -0.2) is 0 Å². The Bertz CT molecular complexity index is 516. The number of aromatic nitrogens is 3. The third kappa shape index (κ3) is 2.31. The molecule has 1 unspecified atom stereocenters. The molecular weight excluding hydrogens is 249 g/mol. The standard InChI is InChI=1S/C10H9F3N4O/c1-6(18)7-4-9(10(11,12)13)14-5-8(7)17-15-2-3-16-17/h2-3,5,9H,4H2,1H3. The lowest BCUT2D eigenvalue weighted by molar-refractivity contribution is -0.146. The van der Waals surface area contributed by atoms with Gasteiger partial charge in [-0.1, -0.05) is 0 Å². The molecule has 0 spiro atoms. The molecule has 0 amide bonds. The SMILES string of the molecule is CC(=O)C1=C(n2nccn2)C=NC(C(F)(F)F)C1. The number of hydrogen-bond acceptors (Lipinski definition) is 4. The lowest BCUT2D eigenvalue weighted by Gasteiger charge is -2.21. The minimum atomic E-state index is -4.46. The van der Waals surface area contributed by atoms with Gasteiger partial charge in [0.25, 0.3) is 0 Å². The first kappa shape index (κ1) is 12.5. The number of allylic oxidation sites excluding steroid dienone is 1. The van der Waals surface area contributed by atoms with Crippen LogP contribution in [0, 0.1) is 0 Å². The number of carbonyl (C=O) groups is 1. The van der Waals surface area contributed by atoms with Gasteiger partial charge in [0.2, 0.25) is 0 Å². The molecule has 0 aromatic carbocycles. The molecule has 1 aromatic heterocycles. The van der Waals surface area contributed by atoms with Gasteiger partial charge in [-0.05, 0) is 6.92 Å². The summed E-state index contributed by atoms with van der Waals surface area (Å²) in [5.74, 6) is -0.442. The first-order valence-electron chi connectivity index (χ1n) is 5.10. The monoisotopic (exact) mass is 258 g/mol. The molecule has 0 saturated heterocycles. The van der Waals surface area contributed by atoms with Crippen LogP contribution in [0.3, 0.4) is 0 Å². The highest BCUT2D eigenvalue weighted by atomic mass is 19.4. The number of Topliss-reactive ketones (excluding diaryl/α,β-unsaturated/α-hetero) is 1. The van der Waals surface area contributed by atoms with Gasteiger partial charge in [0.05, 0.1) is 12.4 Å². The molecule has 18 heavy (non-hydrogen) atoms. The molecule has 0 bridgehead atoms. The number of ketones is 1. The molecule has 0 fully saturated rings. The molecule has 1 atom stereocenters. The Labute approximate surface area is 100 Å². The lowest BCUT2D eigenvalue weighted by Crippen LogP contribution is -2.32. The van der Waals surface area contributed by atoms with E-state index in [1.54, 1.807) is 0 Å². The van der Waals surface area contributed by atoms with Crippen molar-refractivity contribution >= 4 is 17.7 Å². The van der Waals surface area contributed by atoms with Crippen molar-refractivity contribution < 1.29 is 18.0 Å². The van der Waals surface area contributed by atoms with Crippen molar-refractivity contribution in [2.45, 2.75) is 25.6 Å².